The van der Waals surface area contributed by atoms with Crippen LogP contribution in [0.4, 0.5) is 0 Å². The van der Waals surface area contributed by atoms with Gasteiger partial charge in [0, 0.05) is 0 Å². The Balaban J connectivity index is 1.73. The van der Waals surface area contributed by atoms with Gasteiger partial charge < -0.3 is 18.9 Å². The van der Waals surface area contributed by atoms with Crippen molar-refractivity contribution in [3.63, 3.8) is 0 Å². The predicted molar refractivity (Wildman–Crippen MR) is 118 cm³/mol. The summed E-state index contributed by atoms with van der Waals surface area (Å²) >= 11 is 1.21. The van der Waals surface area contributed by atoms with Gasteiger partial charge in [-0.1, -0.05) is 6.07 Å². The summed E-state index contributed by atoms with van der Waals surface area (Å²) in [5.74, 6) is 2.19. The van der Waals surface area contributed by atoms with Gasteiger partial charge in [-0.25, -0.2) is 0 Å². The van der Waals surface area contributed by atoms with Crippen LogP contribution in [0, 0.1) is 0 Å². The Morgan fingerprint density at radius 1 is 0.833 bits per heavy atom. The summed E-state index contributed by atoms with van der Waals surface area (Å²) < 4.78 is 21.0. The lowest BCUT2D eigenvalue weighted by molar-refractivity contribution is -0.115. The van der Waals surface area contributed by atoms with Crippen molar-refractivity contribution in [2.75, 3.05) is 28.4 Å². The Bertz CT molecular complexity index is 1030. The van der Waals surface area contributed by atoms with Crippen LogP contribution in [0.15, 0.2) is 51.5 Å². The molecule has 0 bridgehead atoms. The van der Waals surface area contributed by atoms with Crippen LogP contribution >= 0.6 is 11.8 Å². The van der Waals surface area contributed by atoms with Gasteiger partial charge in [-0.05, 0) is 59.3 Å². The summed E-state index contributed by atoms with van der Waals surface area (Å²) in [7, 11) is 6.27. The third-order valence-electron chi connectivity index (χ3n) is 4.12. The number of hydrogen-bond donors (Lipinski definition) is 1. The van der Waals surface area contributed by atoms with E-state index in [1.165, 1.54) is 11.8 Å². The number of amides is 1. The molecule has 1 aliphatic heterocycles. The molecule has 0 unspecified atom stereocenters. The summed E-state index contributed by atoms with van der Waals surface area (Å²) in [5, 5.41) is 11.2. The Labute approximate surface area is 178 Å². The van der Waals surface area contributed by atoms with Gasteiger partial charge in [0.1, 0.15) is 0 Å². The molecule has 0 saturated carbocycles. The van der Waals surface area contributed by atoms with Crippen LogP contribution in [-0.4, -0.2) is 45.7 Å². The van der Waals surface area contributed by atoms with Crippen LogP contribution < -0.4 is 24.3 Å². The fourth-order valence-electron chi connectivity index (χ4n) is 2.65. The summed E-state index contributed by atoms with van der Waals surface area (Å²) in [6.45, 7) is 0. The number of benzene rings is 2. The minimum atomic E-state index is -0.241. The van der Waals surface area contributed by atoms with Gasteiger partial charge in [0.2, 0.25) is 0 Å². The monoisotopic (exact) mass is 427 g/mol. The fourth-order valence-corrected chi connectivity index (χ4v) is 3.43. The van der Waals surface area contributed by atoms with Gasteiger partial charge in [0.25, 0.3) is 5.91 Å². The molecule has 1 saturated heterocycles. The van der Waals surface area contributed by atoms with Crippen LogP contribution in [-0.2, 0) is 4.79 Å². The van der Waals surface area contributed by atoms with E-state index in [9.17, 15) is 4.79 Å². The second-order valence-electron chi connectivity index (χ2n) is 5.94. The molecule has 0 aliphatic carbocycles. The number of hydrogen-bond acceptors (Lipinski definition) is 8. The molecular formula is C21H21N3O5S. The highest BCUT2D eigenvalue weighted by Crippen LogP contribution is 2.31. The van der Waals surface area contributed by atoms with Crippen molar-refractivity contribution in [2.45, 2.75) is 0 Å². The van der Waals surface area contributed by atoms with E-state index in [-0.39, 0.29) is 5.91 Å². The van der Waals surface area contributed by atoms with Crippen LogP contribution in [0.25, 0.3) is 6.08 Å². The van der Waals surface area contributed by atoms with Crippen molar-refractivity contribution in [3.8, 4) is 23.0 Å². The van der Waals surface area contributed by atoms with Crippen molar-refractivity contribution in [1.82, 2.24) is 5.32 Å². The first kappa shape index (κ1) is 21.3. The zero-order valence-electron chi connectivity index (χ0n) is 17.0. The molecule has 9 heteroatoms. The largest absolute Gasteiger partial charge is 0.493 e. The van der Waals surface area contributed by atoms with E-state index in [0.717, 1.165) is 11.1 Å². The average Bonchev–Trinajstić information content (AvgIpc) is 3.12. The molecule has 3 rings (SSSR count). The highest BCUT2D eigenvalue weighted by molar-refractivity contribution is 8.18. The highest BCUT2D eigenvalue weighted by atomic mass is 32.2. The Morgan fingerprint density at radius 3 is 2.00 bits per heavy atom. The van der Waals surface area contributed by atoms with Gasteiger partial charge in [-0.15, -0.1) is 5.10 Å². The zero-order valence-corrected chi connectivity index (χ0v) is 17.8. The number of nitrogens with zero attached hydrogens (tertiary/aromatic N) is 2. The predicted octanol–water partition coefficient (Wildman–Crippen LogP) is 3.32. The second-order valence-corrected chi connectivity index (χ2v) is 6.97. The molecule has 0 radical (unpaired) electrons. The zero-order chi connectivity index (χ0) is 21.5. The molecule has 1 fully saturated rings. The lowest BCUT2D eigenvalue weighted by Crippen LogP contribution is -2.19. The molecule has 1 amide bonds. The average molecular weight is 427 g/mol. The molecule has 156 valence electrons. The smallest absolute Gasteiger partial charge is 0.264 e. The van der Waals surface area contributed by atoms with Crippen molar-refractivity contribution in [2.24, 2.45) is 10.2 Å². The molecule has 2 aromatic carbocycles. The first-order chi connectivity index (χ1) is 14.6. The SMILES string of the molecule is COc1ccc(C=NN=C2NC(=O)/C(=C/c3ccc(OC)c(OC)c3)S2)cc1OC. The lowest BCUT2D eigenvalue weighted by atomic mass is 10.2. The van der Waals surface area contributed by atoms with Crippen LogP contribution in [0.1, 0.15) is 11.1 Å². The Kier molecular flexibility index (Phi) is 6.97. The number of nitrogens with one attached hydrogen (secondary N) is 1. The standard InChI is InChI=1S/C21H21N3O5S/c1-26-15-7-5-13(9-17(15)28-3)11-19-20(25)23-21(30-19)24-22-12-14-6-8-16(27-2)18(10-14)29-4/h5-12H,1-4H3,(H,23,24,25)/b19-11-,22-12?. The number of methoxy groups -OCH3 is 4. The van der Waals surface area contributed by atoms with Crippen molar-refractivity contribution in [1.29, 1.82) is 0 Å². The van der Waals surface area contributed by atoms with Crippen molar-refractivity contribution in [3.05, 3.63) is 52.4 Å². The first-order valence-electron chi connectivity index (χ1n) is 8.84. The molecule has 30 heavy (non-hydrogen) atoms. The van der Waals surface area contributed by atoms with Crippen LogP contribution in [0.2, 0.25) is 0 Å². The lowest BCUT2D eigenvalue weighted by Gasteiger charge is -2.07. The summed E-state index contributed by atoms with van der Waals surface area (Å²) in [6.07, 6.45) is 3.32. The quantitative estimate of drug-likeness (QED) is 0.414. The second kappa shape index (κ2) is 9.84. The van der Waals surface area contributed by atoms with E-state index in [1.807, 2.05) is 12.1 Å². The van der Waals surface area contributed by atoms with Crippen LogP contribution in [0.5, 0.6) is 23.0 Å². The highest BCUT2D eigenvalue weighted by Gasteiger charge is 2.24. The van der Waals surface area contributed by atoms with Crippen molar-refractivity contribution < 1.29 is 23.7 Å². The molecule has 1 heterocycles. The first-order valence-corrected chi connectivity index (χ1v) is 9.65. The molecule has 0 atom stereocenters. The number of amidine groups is 1. The van der Waals surface area contributed by atoms with Gasteiger partial charge in [-0.2, -0.15) is 5.10 Å². The van der Waals surface area contributed by atoms with E-state index in [2.05, 4.69) is 15.5 Å². The fraction of sp³-hybridized carbons (Fsp3) is 0.190. The van der Waals surface area contributed by atoms with Crippen LogP contribution in [0.3, 0.4) is 0 Å². The van der Waals surface area contributed by atoms with E-state index < -0.39 is 0 Å². The maximum Gasteiger partial charge on any atom is 0.264 e. The van der Waals surface area contributed by atoms with E-state index >= 15 is 0 Å². The van der Waals surface area contributed by atoms with Crippen molar-refractivity contribution >= 4 is 35.1 Å². The van der Waals surface area contributed by atoms with Gasteiger partial charge in [-0.3, -0.25) is 10.1 Å². The summed E-state index contributed by atoms with van der Waals surface area (Å²) in [5.41, 5.74) is 1.59. The summed E-state index contributed by atoms with van der Waals surface area (Å²) in [6, 6.07) is 10.8. The third-order valence-corrected chi connectivity index (χ3v) is 5.02. The molecular weight excluding hydrogens is 406 g/mol. The number of rotatable bonds is 7. The number of ether oxygens (including phenoxy) is 4. The molecule has 1 N–H and O–H groups in total. The maximum atomic E-state index is 12.2. The topological polar surface area (TPSA) is 90.7 Å². The number of carbonyl (C=O) groups is 1. The molecule has 0 spiro atoms. The maximum absolute atomic E-state index is 12.2. The van der Waals surface area contributed by atoms with Gasteiger partial charge in [0.15, 0.2) is 28.2 Å². The molecule has 2 aromatic rings. The minimum absolute atomic E-state index is 0.241. The van der Waals surface area contributed by atoms with Gasteiger partial charge in [0.05, 0.1) is 39.6 Å². The Hall–Kier alpha value is -3.46. The van der Waals surface area contributed by atoms with E-state index in [4.69, 9.17) is 18.9 Å². The van der Waals surface area contributed by atoms with E-state index in [0.29, 0.717) is 33.1 Å². The minimum Gasteiger partial charge on any atom is -0.493 e. The summed E-state index contributed by atoms with van der Waals surface area (Å²) in [4.78, 5) is 12.7. The van der Waals surface area contributed by atoms with Gasteiger partial charge >= 0.3 is 0 Å². The number of carbonyl (C=O) groups excluding carboxylic acids is 1. The molecule has 1 aliphatic rings. The molecule has 8 nitrogen and oxygen atoms in total. The Morgan fingerprint density at radius 2 is 1.40 bits per heavy atom. The van der Waals surface area contributed by atoms with E-state index in [1.54, 1.807) is 65.0 Å². The number of thioether (sulfide) groups is 1. The third kappa shape index (κ3) is 4.93. The molecule has 0 aromatic heterocycles. The normalized spacial score (nSPS) is 16.2.